The van der Waals surface area contributed by atoms with Crippen molar-refractivity contribution >= 4 is 34.2 Å². The first-order valence-corrected chi connectivity index (χ1v) is 10.8. The number of hydrogen-bond donors (Lipinski definition) is 2. The second-order valence-corrected chi connectivity index (χ2v) is 8.54. The Morgan fingerprint density at radius 2 is 1.79 bits per heavy atom. The summed E-state index contributed by atoms with van der Waals surface area (Å²) in [4.78, 5) is 24.9. The van der Waals surface area contributed by atoms with Crippen molar-refractivity contribution in [1.29, 1.82) is 0 Å². The molecule has 1 atom stereocenters. The van der Waals surface area contributed by atoms with Crippen LogP contribution in [0.2, 0.25) is 5.02 Å². The molecule has 2 N–H and O–H groups in total. The number of aromatic carboxylic acids is 1. The quantitative estimate of drug-likeness (QED) is 0.323. The van der Waals surface area contributed by atoms with Crippen molar-refractivity contribution in [3.05, 3.63) is 97.7 Å². The van der Waals surface area contributed by atoms with Crippen LogP contribution in [-0.4, -0.2) is 11.1 Å². The molecule has 5 nitrogen and oxygen atoms in total. The molecule has 0 amide bonds. The van der Waals surface area contributed by atoms with Gasteiger partial charge < -0.3 is 14.8 Å². The van der Waals surface area contributed by atoms with Gasteiger partial charge in [0.1, 0.15) is 11.3 Å². The summed E-state index contributed by atoms with van der Waals surface area (Å²) in [5.41, 5.74) is 2.21. The highest BCUT2D eigenvalue weighted by atomic mass is 35.5. The lowest BCUT2D eigenvalue weighted by Crippen LogP contribution is -2.14. The fraction of sp³-hybridized carbons (Fsp3) is 0.154. The van der Waals surface area contributed by atoms with Crippen molar-refractivity contribution < 1.29 is 23.1 Å². The summed E-state index contributed by atoms with van der Waals surface area (Å²) < 4.78 is 33.5. The summed E-state index contributed by atoms with van der Waals surface area (Å²) in [6.45, 7) is 5.20. The van der Waals surface area contributed by atoms with E-state index in [1.807, 2.05) is 13.0 Å². The second kappa shape index (κ2) is 8.91. The molecule has 4 aromatic rings. The van der Waals surface area contributed by atoms with E-state index in [0.29, 0.717) is 16.6 Å². The number of aryl methyl sites for hydroxylation is 1. The van der Waals surface area contributed by atoms with E-state index in [1.165, 1.54) is 12.1 Å². The van der Waals surface area contributed by atoms with Crippen molar-refractivity contribution in [1.82, 2.24) is 0 Å². The van der Waals surface area contributed by atoms with Crippen molar-refractivity contribution in [3.63, 3.8) is 0 Å². The van der Waals surface area contributed by atoms with Gasteiger partial charge in [0.05, 0.1) is 17.0 Å². The summed E-state index contributed by atoms with van der Waals surface area (Å²) in [6.07, 6.45) is 0. The third-order valence-electron chi connectivity index (χ3n) is 5.62. The number of carboxylic acid groups (broad SMARTS) is 1. The van der Waals surface area contributed by atoms with Crippen molar-refractivity contribution in [2.75, 3.05) is 5.32 Å². The third-order valence-corrected chi connectivity index (χ3v) is 5.86. The molecule has 4 rings (SSSR count). The van der Waals surface area contributed by atoms with Crippen LogP contribution in [0.25, 0.3) is 22.3 Å². The van der Waals surface area contributed by atoms with Gasteiger partial charge in [-0.3, -0.25) is 4.79 Å². The first-order chi connectivity index (χ1) is 16.1. The smallest absolute Gasteiger partial charge is 0.337 e. The summed E-state index contributed by atoms with van der Waals surface area (Å²) in [5.74, 6) is -3.07. The molecule has 1 aromatic heterocycles. The van der Waals surface area contributed by atoms with Crippen LogP contribution in [0.4, 0.5) is 14.5 Å². The molecule has 0 aliphatic heterocycles. The molecule has 0 aliphatic rings. The zero-order valence-electron chi connectivity index (χ0n) is 18.5. The highest BCUT2D eigenvalue weighted by Crippen LogP contribution is 2.33. The number of rotatable bonds is 5. The number of carbonyl (C=O) groups is 1. The molecule has 0 fully saturated rings. The van der Waals surface area contributed by atoms with Gasteiger partial charge in [0.15, 0.2) is 17.1 Å². The molecule has 3 aromatic carbocycles. The van der Waals surface area contributed by atoms with Crippen LogP contribution in [0.3, 0.4) is 0 Å². The van der Waals surface area contributed by atoms with Crippen molar-refractivity contribution in [3.8, 4) is 11.3 Å². The first-order valence-electron chi connectivity index (χ1n) is 10.4. The Labute approximate surface area is 198 Å². The summed E-state index contributed by atoms with van der Waals surface area (Å²) in [5, 5.41) is 13.3. The predicted octanol–water partition coefficient (Wildman–Crippen LogP) is 6.88. The summed E-state index contributed by atoms with van der Waals surface area (Å²) in [7, 11) is 0. The Hall–Kier alpha value is -3.71. The van der Waals surface area contributed by atoms with Crippen LogP contribution in [0.15, 0.2) is 57.7 Å². The number of hydrogen-bond acceptors (Lipinski definition) is 4. The maximum absolute atomic E-state index is 13.9. The minimum atomic E-state index is -1.14. The van der Waals surface area contributed by atoms with Crippen LogP contribution in [0.5, 0.6) is 0 Å². The van der Waals surface area contributed by atoms with E-state index in [2.05, 4.69) is 5.32 Å². The van der Waals surface area contributed by atoms with Gasteiger partial charge in [-0.2, -0.15) is 0 Å². The van der Waals surface area contributed by atoms with Gasteiger partial charge in [0.2, 0.25) is 0 Å². The molecule has 0 radical (unpaired) electrons. The van der Waals surface area contributed by atoms with Crippen LogP contribution < -0.4 is 10.7 Å². The number of halogens is 3. The Kier molecular flexibility index (Phi) is 6.15. The normalized spacial score (nSPS) is 12.1. The van der Waals surface area contributed by atoms with Gasteiger partial charge in [-0.15, -0.1) is 0 Å². The molecular weight excluding hydrogens is 464 g/mol. The SMILES string of the molecule is Cc1cc(C(C)Nc2ccc(Cl)cc2C(=O)O)c2oc(-c3ccc(F)c(F)c3)c(C)c(=O)c2c1. The van der Waals surface area contributed by atoms with Gasteiger partial charge in [-0.05, 0) is 68.8 Å². The Morgan fingerprint density at radius 1 is 1.06 bits per heavy atom. The lowest BCUT2D eigenvalue weighted by molar-refractivity contribution is 0.0698. The lowest BCUT2D eigenvalue weighted by atomic mass is 9.98. The van der Waals surface area contributed by atoms with E-state index in [-0.39, 0.29) is 38.5 Å². The van der Waals surface area contributed by atoms with E-state index in [9.17, 15) is 23.5 Å². The molecule has 0 saturated heterocycles. The lowest BCUT2D eigenvalue weighted by Gasteiger charge is -2.20. The predicted molar refractivity (Wildman–Crippen MR) is 128 cm³/mol. The summed E-state index contributed by atoms with van der Waals surface area (Å²) >= 11 is 5.95. The Balaban J connectivity index is 1.89. The molecule has 1 heterocycles. The zero-order valence-corrected chi connectivity index (χ0v) is 19.3. The van der Waals surface area contributed by atoms with Crippen LogP contribution in [0.1, 0.15) is 40.0 Å². The van der Waals surface area contributed by atoms with Crippen molar-refractivity contribution in [2.24, 2.45) is 0 Å². The Bertz CT molecular complexity index is 1510. The summed E-state index contributed by atoms with van der Waals surface area (Å²) in [6, 6.07) is 10.8. The minimum Gasteiger partial charge on any atom is -0.478 e. The monoisotopic (exact) mass is 483 g/mol. The number of anilines is 1. The van der Waals surface area contributed by atoms with Crippen molar-refractivity contribution in [2.45, 2.75) is 26.8 Å². The highest BCUT2D eigenvalue weighted by molar-refractivity contribution is 6.31. The van der Waals surface area contributed by atoms with Gasteiger partial charge in [0, 0.05) is 27.4 Å². The number of fused-ring (bicyclic) bond motifs is 1. The van der Waals surface area contributed by atoms with Crippen LogP contribution >= 0.6 is 11.6 Å². The average Bonchev–Trinajstić information content (AvgIpc) is 2.79. The maximum atomic E-state index is 13.9. The largest absolute Gasteiger partial charge is 0.478 e. The van der Waals surface area contributed by atoms with E-state index in [4.69, 9.17) is 16.0 Å². The molecular formula is C26H20ClF2NO4. The van der Waals surface area contributed by atoms with Gasteiger partial charge >= 0.3 is 5.97 Å². The fourth-order valence-electron chi connectivity index (χ4n) is 3.93. The van der Waals surface area contributed by atoms with E-state index < -0.39 is 23.6 Å². The molecule has 0 bridgehead atoms. The van der Waals surface area contributed by atoms with E-state index in [1.54, 1.807) is 32.0 Å². The fourth-order valence-corrected chi connectivity index (χ4v) is 4.10. The second-order valence-electron chi connectivity index (χ2n) is 8.11. The number of nitrogens with one attached hydrogen (secondary N) is 1. The Morgan fingerprint density at radius 3 is 2.47 bits per heavy atom. The molecule has 0 saturated carbocycles. The molecule has 0 spiro atoms. The minimum absolute atomic E-state index is 0.00363. The maximum Gasteiger partial charge on any atom is 0.337 e. The zero-order chi connectivity index (χ0) is 24.7. The van der Waals surface area contributed by atoms with Crippen LogP contribution in [-0.2, 0) is 0 Å². The highest BCUT2D eigenvalue weighted by Gasteiger charge is 2.21. The first kappa shape index (κ1) is 23.4. The molecule has 8 heteroatoms. The average molecular weight is 484 g/mol. The number of benzene rings is 3. The van der Waals surface area contributed by atoms with Gasteiger partial charge in [-0.1, -0.05) is 17.7 Å². The molecule has 1 unspecified atom stereocenters. The number of carboxylic acids is 1. The molecule has 174 valence electrons. The standard InChI is InChI=1S/C26H20ClF2NO4/c1-12-8-17(14(3)30-22-7-5-16(27)11-18(22)26(32)33)25-19(9-12)23(31)13(2)24(34-25)15-4-6-20(28)21(29)10-15/h4-11,14,30H,1-3H3,(H,32,33). The van der Waals surface area contributed by atoms with E-state index >= 15 is 0 Å². The van der Waals surface area contributed by atoms with Gasteiger partial charge in [0.25, 0.3) is 0 Å². The topological polar surface area (TPSA) is 79.5 Å². The van der Waals surface area contributed by atoms with E-state index in [0.717, 1.165) is 17.7 Å². The molecule has 0 aliphatic carbocycles. The van der Waals surface area contributed by atoms with Gasteiger partial charge in [-0.25, -0.2) is 13.6 Å². The molecule has 34 heavy (non-hydrogen) atoms. The third kappa shape index (κ3) is 4.26. The van der Waals surface area contributed by atoms with Crippen LogP contribution in [0, 0.1) is 25.5 Å².